The van der Waals surface area contributed by atoms with Crippen LogP contribution >= 0.6 is 11.6 Å². The van der Waals surface area contributed by atoms with Gasteiger partial charge in [-0.15, -0.1) is 0 Å². The van der Waals surface area contributed by atoms with Gasteiger partial charge in [0.1, 0.15) is 5.75 Å². The molecule has 1 amide bonds. The van der Waals surface area contributed by atoms with Crippen molar-refractivity contribution in [1.29, 1.82) is 0 Å². The van der Waals surface area contributed by atoms with Gasteiger partial charge in [-0.25, -0.2) is 0 Å². The Morgan fingerprint density at radius 3 is 2.37 bits per heavy atom. The second-order valence-electron chi connectivity index (χ2n) is 7.40. The smallest absolute Gasteiger partial charge is 0.306 e. The van der Waals surface area contributed by atoms with Gasteiger partial charge in [0.05, 0.1) is 16.8 Å². The van der Waals surface area contributed by atoms with Crippen LogP contribution in [0, 0.1) is 0 Å². The van der Waals surface area contributed by atoms with Gasteiger partial charge in [0, 0.05) is 43.0 Å². The summed E-state index contributed by atoms with van der Waals surface area (Å²) in [7, 11) is -3.72. The minimum atomic E-state index is -3.72. The SMILES string of the molecule is CCN(CC)c1ccc(CN(C(=O)c2ccccc2Cl)C2CC2)c(OS(C)(=O)=O)c1. The molecule has 1 aliphatic carbocycles. The lowest BCUT2D eigenvalue weighted by Gasteiger charge is -2.26. The van der Waals surface area contributed by atoms with Gasteiger partial charge in [0.2, 0.25) is 0 Å². The monoisotopic (exact) mass is 450 g/mol. The lowest BCUT2D eigenvalue weighted by Crippen LogP contribution is -2.33. The number of anilines is 1. The molecule has 162 valence electrons. The van der Waals surface area contributed by atoms with Crippen LogP contribution in [0.15, 0.2) is 42.5 Å². The number of rotatable bonds is 9. The summed E-state index contributed by atoms with van der Waals surface area (Å²) in [6.07, 6.45) is 2.85. The van der Waals surface area contributed by atoms with E-state index >= 15 is 0 Å². The fourth-order valence-electron chi connectivity index (χ4n) is 3.43. The van der Waals surface area contributed by atoms with Crippen molar-refractivity contribution in [2.24, 2.45) is 0 Å². The first-order valence-electron chi connectivity index (χ1n) is 10.1. The minimum Gasteiger partial charge on any atom is -0.382 e. The number of hydrogen-bond donors (Lipinski definition) is 0. The Morgan fingerprint density at radius 2 is 1.80 bits per heavy atom. The Morgan fingerprint density at radius 1 is 1.13 bits per heavy atom. The first-order valence-corrected chi connectivity index (χ1v) is 12.3. The van der Waals surface area contributed by atoms with Crippen LogP contribution in [-0.2, 0) is 16.7 Å². The highest BCUT2D eigenvalue weighted by atomic mass is 35.5. The Balaban J connectivity index is 1.96. The van der Waals surface area contributed by atoms with E-state index in [0.717, 1.165) is 37.9 Å². The third-order valence-electron chi connectivity index (χ3n) is 5.11. The van der Waals surface area contributed by atoms with Crippen LogP contribution in [0.1, 0.15) is 42.6 Å². The van der Waals surface area contributed by atoms with Gasteiger partial charge in [-0.1, -0.05) is 29.8 Å². The van der Waals surface area contributed by atoms with Crippen LogP contribution in [0.3, 0.4) is 0 Å². The first kappa shape index (κ1) is 22.4. The van der Waals surface area contributed by atoms with E-state index in [1.54, 1.807) is 35.2 Å². The van der Waals surface area contributed by atoms with E-state index in [2.05, 4.69) is 4.90 Å². The van der Waals surface area contributed by atoms with Crippen molar-refractivity contribution in [3.8, 4) is 5.75 Å². The van der Waals surface area contributed by atoms with Crippen LogP contribution < -0.4 is 9.08 Å². The molecule has 0 heterocycles. The highest BCUT2D eigenvalue weighted by molar-refractivity contribution is 7.86. The standard InChI is InChI=1S/C22H27ClN2O4S/c1-4-24(5-2)18-11-10-16(21(14-18)29-30(3,27)28)15-25(17-12-13-17)22(26)19-8-6-7-9-20(19)23/h6-11,14,17H,4-5,12-13,15H2,1-3H3. The van der Waals surface area contributed by atoms with E-state index in [0.29, 0.717) is 16.1 Å². The predicted molar refractivity (Wildman–Crippen MR) is 120 cm³/mol. The van der Waals surface area contributed by atoms with Crippen molar-refractivity contribution < 1.29 is 17.4 Å². The van der Waals surface area contributed by atoms with Gasteiger partial charge in [0.25, 0.3) is 5.91 Å². The molecule has 0 aromatic heterocycles. The Bertz CT molecular complexity index is 1020. The number of benzene rings is 2. The van der Waals surface area contributed by atoms with E-state index in [1.807, 2.05) is 26.0 Å². The second-order valence-corrected chi connectivity index (χ2v) is 9.38. The highest BCUT2D eigenvalue weighted by Gasteiger charge is 2.34. The zero-order valence-corrected chi connectivity index (χ0v) is 19.0. The number of carbonyl (C=O) groups is 1. The third-order valence-corrected chi connectivity index (χ3v) is 5.93. The summed E-state index contributed by atoms with van der Waals surface area (Å²) >= 11 is 6.24. The molecule has 3 rings (SSSR count). The molecular weight excluding hydrogens is 424 g/mol. The van der Waals surface area contributed by atoms with Crippen molar-refractivity contribution in [3.05, 3.63) is 58.6 Å². The van der Waals surface area contributed by atoms with Gasteiger partial charge in [-0.05, 0) is 44.9 Å². The first-order chi connectivity index (χ1) is 14.2. The maximum atomic E-state index is 13.2. The average Bonchev–Trinajstić information content (AvgIpc) is 3.52. The quantitative estimate of drug-likeness (QED) is 0.532. The average molecular weight is 451 g/mol. The summed E-state index contributed by atoms with van der Waals surface area (Å²) in [6, 6.07) is 12.6. The molecule has 0 unspecified atom stereocenters. The number of carbonyl (C=O) groups excluding carboxylic acids is 1. The van der Waals surface area contributed by atoms with E-state index in [4.69, 9.17) is 15.8 Å². The number of hydrogen-bond acceptors (Lipinski definition) is 5. The lowest BCUT2D eigenvalue weighted by molar-refractivity contribution is 0.0729. The number of nitrogens with zero attached hydrogens (tertiary/aromatic N) is 2. The van der Waals surface area contributed by atoms with Gasteiger partial charge in [-0.2, -0.15) is 8.42 Å². The molecule has 1 saturated carbocycles. The molecule has 2 aromatic rings. The Kier molecular flexibility index (Phi) is 6.93. The molecule has 1 aliphatic rings. The molecule has 0 N–H and O–H groups in total. The van der Waals surface area contributed by atoms with Crippen molar-refractivity contribution >= 4 is 33.3 Å². The zero-order chi connectivity index (χ0) is 21.9. The van der Waals surface area contributed by atoms with E-state index in [9.17, 15) is 13.2 Å². The summed E-state index contributed by atoms with van der Waals surface area (Å²) in [5.74, 6) is 0.0840. The molecule has 0 bridgehead atoms. The third kappa shape index (κ3) is 5.46. The highest BCUT2D eigenvalue weighted by Crippen LogP contribution is 2.34. The molecule has 1 fully saturated rings. The molecule has 2 aromatic carbocycles. The van der Waals surface area contributed by atoms with Crippen LogP contribution in [0.25, 0.3) is 0 Å². The second kappa shape index (κ2) is 9.27. The molecule has 30 heavy (non-hydrogen) atoms. The molecule has 6 nitrogen and oxygen atoms in total. The Hall–Kier alpha value is -2.25. The van der Waals surface area contributed by atoms with E-state index in [1.165, 1.54) is 0 Å². The number of amides is 1. The van der Waals surface area contributed by atoms with Crippen molar-refractivity contribution in [3.63, 3.8) is 0 Å². The minimum absolute atomic E-state index is 0.113. The Labute approximate surface area is 183 Å². The number of halogens is 1. The van der Waals surface area contributed by atoms with Crippen molar-refractivity contribution in [2.75, 3.05) is 24.2 Å². The summed E-state index contributed by atoms with van der Waals surface area (Å²) in [6.45, 7) is 5.88. The fraction of sp³-hybridized carbons (Fsp3) is 0.409. The van der Waals surface area contributed by atoms with Gasteiger partial charge < -0.3 is 14.0 Å². The predicted octanol–water partition coefficient (Wildman–Crippen LogP) is 4.33. The summed E-state index contributed by atoms with van der Waals surface area (Å²) in [5.41, 5.74) is 1.96. The molecule has 0 atom stereocenters. The summed E-state index contributed by atoms with van der Waals surface area (Å²) in [4.78, 5) is 17.0. The van der Waals surface area contributed by atoms with Crippen molar-refractivity contribution in [2.45, 2.75) is 39.3 Å². The summed E-state index contributed by atoms with van der Waals surface area (Å²) in [5, 5.41) is 0.401. The molecule has 8 heteroatoms. The van der Waals surface area contributed by atoms with Gasteiger partial charge in [-0.3, -0.25) is 4.79 Å². The maximum Gasteiger partial charge on any atom is 0.306 e. The molecule has 0 saturated heterocycles. The van der Waals surface area contributed by atoms with Gasteiger partial charge in [0.15, 0.2) is 0 Å². The maximum absolute atomic E-state index is 13.2. The van der Waals surface area contributed by atoms with E-state index in [-0.39, 0.29) is 24.2 Å². The fourth-order valence-corrected chi connectivity index (χ4v) is 4.12. The molecule has 0 spiro atoms. The van der Waals surface area contributed by atoms with Crippen LogP contribution in [0.5, 0.6) is 5.75 Å². The molecular formula is C22H27ClN2O4S. The zero-order valence-electron chi connectivity index (χ0n) is 17.5. The largest absolute Gasteiger partial charge is 0.382 e. The van der Waals surface area contributed by atoms with Gasteiger partial charge >= 0.3 is 10.1 Å². The molecule has 0 aliphatic heterocycles. The van der Waals surface area contributed by atoms with Crippen molar-refractivity contribution in [1.82, 2.24) is 4.90 Å². The topological polar surface area (TPSA) is 66.9 Å². The van der Waals surface area contributed by atoms with Crippen LogP contribution in [0.2, 0.25) is 5.02 Å². The lowest BCUT2D eigenvalue weighted by atomic mass is 10.1. The van der Waals surface area contributed by atoms with Crippen LogP contribution in [0.4, 0.5) is 5.69 Å². The normalized spacial score (nSPS) is 13.7. The van der Waals surface area contributed by atoms with Crippen LogP contribution in [-0.4, -0.2) is 44.6 Å². The summed E-state index contributed by atoms with van der Waals surface area (Å²) < 4.78 is 29.0. The van der Waals surface area contributed by atoms with E-state index < -0.39 is 10.1 Å². The molecule has 0 radical (unpaired) electrons.